The van der Waals surface area contributed by atoms with Crippen LogP contribution >= 0.6 is 23.2 Å². The molecule has 0 bridgehead atoms. The fourth-order valence-electron chi connectivity index (χ4n) is 3.05. The van der Waals surface area contributed by atoms with E-state index in [0.29, 0.717) is 47.7 Å². The Balaban J connectivity index is 1.55. The Morgan fingerprint density at radius 3 is 2.54 bits per heavy atom. The summed E-state index contributed by atoms with van der Waals surface area (Å²) >= 11 is 12.2. The van der Waals surface area contributed by atoms with Gasteiger partial charge in [-0.1, -0.05) is 29.3 Å². The third-order valence-electron chi connectivity index (χ3n) is 4.45. The van der Waals surface area contributed by atoms with Gasteiger partial charge < -0.3 is 20.3 Å². The number of amides is 1. The Morgan fingerprint density at radius 2 is 1.88 bits per heavy atom. The summed E-state index contributed by atoms with van der Waals surface area (Å²) in [4.78, 5) is 16.3. The van der Waals surface area contributed by atoms with E-state index in [4.69, 9.17) is 33.7 Å². The van der Waals surface area contributed by atoms with Gasteiger partial charge in [0.25, 0.3) is 5.91 Å². The van der Waals surface area contributed by atoms with Crippen LogP contribution in [0.25, 0.3) is 0 Å². The van der Waals surface area contributed by atoms with E-state index in [9.17, 15) is 4.79 Å². The highest BCUT2D eigenvalue weighted by atomic mass is 35.5. The van der Waals surface area contributed by atoms with Crippen molar-refractivity contribution in [3.05, 3.63) is 52.0 Å². The second-order valence-electron chi connectivity index (χ2n) is 6.24. The zero-order valence-electron chi connectivity index (χ0n) is 14.5. The van der Waals surface area contributed by atoms with Crippen LogP contribution in [-0.4, -0.2) is 43.6 Å². The average molecular weight is 394 g/mol. The SMILES string of the molecule is Cc1cc(Cl)ccc1OCC(=O)N1CCN(c2c(N)cccc2Cl)CC1. The smallest absolute Gasteiger partial charge is 0.260 e. The number of rotatable bonds is 4. The molecule has 1 aliphatic heterocycles. The number of benzene rings is 2. The van der Waals surface area contributed by atoms with E-state index in [1.807, 2.05) is 31.2 Å². The molecular weight excluding hydrogens is 373 g/mol. The highest BCUT2D eigenvalue weighted by Gasteiger charge is 2.24. The number of piperazine rings is 1. The van der Waals surface area contributed by atoms with Gasteiger partial charge in [-0.2, -0.15) is 0 Å². The van der Waals surface area contributed by atoms with Crippen molar-refractivity contribution in [1.29, 1.82) is 0 Å². The van der Waals surface area contributed by atoms with Gasteiger partial charge in [0, 0.05) is 31.2 Å². The summed E-state index contributed by atoms with van der Waals surface area (Å²) in [6.45, 7) is 4.48. The van der Waals surface area contributed by atoms with Crippen LogP contribution in [0.5, 0.6) is 5.75 Å². The molecular formula is C19H21Cl2N3O2. The Hall–Kier alpha value is -2.11. The lowest BCUT2D eigenvalue weighted by molar-refractivity contribution is -0.133. The third kappa shape index (κ3) is 4.17. The van der Waals surface area contributed by atoms with Gasteiger partial charge in [0.15, 0.2) is 6.61 Å². The predicted octanol–water partition coefficient (Wildman–Crippen LogP) is 3.61. The normalized spacial score (nSPS) is 14.4. The van der Waals surface area contributed by atoms with E-state index in [1.165, 1.54) is 0 Å². The molecule has 138 valence electrons. The fourth-order valence-corrected chi connectivity index (χ4v) is 3.58. The lowest BCUT2D eigenvalue weighted by atomic mass is 10.2. The number of carbonyl (C=O) groups is 1. The molecule has 1 saturated heterocycles. The molecule has 2 aromatic rings. The fraction of sp³-hybridized carbons (Fsp3) is 0.316. The number of aryl methyl sites for hydroxylation is 1. The van der Waals surface area contributed by atoms with Crippen molar-refractivity contribution in [1.82, 2.24) is 4.90 Å². The zero-order chi connectivity index (χ0) is 18.7. The number of carbonyl (C=O) groups excluding carboxylic acids is 1. The van der Waals surface area contributed by atoms with Crippen LogP contribution in [0.1, 0.15) is 5.56 Å². The van der Waals surface area contributed by atoms with Crippen molar-refractivity contribution in [2.24, 2.45) is 0 Å². The van der Waals surface area contributed by atoms with Crippen LogP contribution < -0.4 is 15.4 Å². The Kier molecular flexibility index (Phi) is 5.79. The number of para-hydroxylation sites is 1. The van der Waals surface area contributed by atoms with Crippen molar-refractivity contribution < 1.29 is 9.53 Å². The van der Waals surface area contributed by atoms with Gasteiger partial charge in [0.2, 0.25) is 0 Å². The van der Waals surface area contributed by atoms with E-state index in [2.05, 4.69) is 4.90 Å². The maximum atomic E-state index is 12.4. The minimum absolute atomic E-state index is 0.0106. The molecule has 1 fully saturated rings. The molecule has 0 atom stereocenters. The number of anilines is 2. The monoisotopic (exact) mass is 393 g/mol. The van der Waals surface area contributed by atoms with Crippen molar-refractivity contribution in [3.8, 4) is 5.75 Å². The standard InChI is InChI=1S/C19H21Cl2N3O2/c1-13-11-14(20)5-6-17(13)26-12-18(25)23-7-9-24(10-8-23)19-15(21)3-2-4-16(19)22/h2-6,11H,7-10,12,22H2,1H3. The van der Waals surface area contributed by atoms with Crippen molar-refractivity contribution in [2.45, 2.75) is 6.92 Å². The summed E-state index contributed by atoms with van der Waals surface area (Å²) in [6.07, 6.45) is 0. The molecule has 3 rings (SSSR count). The molecule has 5 nitrogen and oxygen atoms in total. The van der Waals surface area contributed by atoms with Crippen LogP contribution in [0.4, 0.5) is 11.4 Å². The van der Waals surface area contributed by atoms with Crippen LogP contribution in [0.15, 0.2) is 36.4 Å². The van der Waals surface area contributed by atoms with Gasteiger partial charge in [0.1, 0.15) is 5.75 Å². The Bertz CT molecular complexity index is 785. The summed E-state index contributed by atoms with van der Waals surface area (Å²) in [5.41, 5.74) is 8.45. The Labute approximate surface area is 163 Å². The number of ether oxygens (including phenoxy) is 1. The molecule has 7 heteroatoms. The molecule has 2 aromatic carbocycles. The highest BCUT2D eigenvalue weighted by molar-refractivity contribution is 6.34. The second kappa shape index (κ2) is 8.06. The summed E-state index contributed by atoms with van der Waals surface area (Å²) in [6, 6.07) is 10.8. The van der Waals surface area contributed by atoms with Gasteiger partial charge >= 0.3 is 0 Å². The van der Waals surface area contributed by atoms with Gasteiger partial charge in [-0.05, 0) is 42.8 Å². The van der Waals surface area contributed by atoms with E-state index < -0.39 is 0 Å². The molecule has 0 spiro atoms. The summed E-state index contributed by atoms with van der Waals surface area (Å²) in [7, 11) is 0. The van der Waals surface area contributed by atoms with E-state index in [-0.39, 0.29) is 12.5 Å². The average Bonchev–Trinajstić information content (AvgIpc) is 2.61. The number of nitrogen functional groups attached to an aromatic ring is 1. The molecule has 26 heavy (non-hydrogen) atoms. The number of hydrogen-bond donors (Lipinski definition) is 1. The topological polar surface area (TPSA) is 58.8 Å². The van der Waals surface area contributed by atoms with Gasteiger partial charge in [-0.25, -0.2) is 0 Å². The molecule has 1 aliphatic rings. The van der Waals surface area contributed by atoms with Crippen LogP contribution in [0, 0.1) is 6.92 Å². The molecule has 0 aromatic heterocycles. The molecule has 1 heterocycles. The molecule has 2 N–H and O–H groups in total. The van der Waals surface area contributed by atoms with Crippen LogP contribution in [0.3, 0.4) is 0 Å². The van der Waals surface area contributed by atoms with E-state index in [0.717, 1.165) is 11.3 Å². The zero-order valence-corrected chi connectivity index (χ0v) is 16.1. The molecule has 1 amide bonds. The van der Waals surface area contributed by atoms with Gasteiger partial charge in [-0.15, -0.1) is 0 Å². The first-order valence-electron chi connectivity index (χ1n) is 8.41. The lowest BCUT2D eigenvalue weighted by Crippen LogP contribution is -2.50. The number of nitrogens with two attached hydrogens (primary N) is 1. The number of hydrogen-bond acceptors (Lipinski definition) is 4. The maximum Gasteiger partial charge on any atom is 0.260 e. The van der Waals surface area contributed by atoms with Crippen molar-refractivity contribution >= 4 is 40.5 Å². The Morgan fingerprint density at radius 1 is 1.15 bits per heavy atom. The van der Waals surface area contributed by atoms with Crippen molar-refractivity contribution in [3.63, 3.8) is 0 Å². The molecule has 0 aliphatic carbocycles. The lowest BCUT2D eigenvalue weighted by Gasteiger charge is -2.37. The molecule has 0 radical (unpaired) electrons. The molecule has 0 saturated carbocycles. The summed E-state index contributed by atoms with van der Waals surface area (Å²) in [5.74, 6) is 0.636. The summed E-state index contributed by atoms with van der Waals surface area (Å²) < 4.78 is 5.65. The highest BCUT2D eigenvalue weighted by Crippen LogP contribution is 2.32. The van der Waals surface area contributed by atoms with Crippen LogP contribution in [-0.2, 0) is 4.79 Å². The molecule has 0 unspecified atom stereocenters. The predicted molar refractivity (Wildman–Crippen MR) is 106 cm³/mol. The minimum Gasteiger partial charge on any atom is -0.483 e. The largest absolute Gasteiger partial charge is 0.483 e. The number of halogens is 2. The third-order valence-corrected chi connectivity index (χ3v) is 4.99. The van der Waals surface area contributed by atoms with E-state index >= 15 is 0 Å². The minimum atomic E-state index is -0.0360. The first-order valence-corrected chi connectivity index (χ1v) is 9.17. The quantitative estimate of drug-likeness (QED) is 0.805. The van der Waals surface area contributed by atoms with E-state index in [1.54, 1.807) is 17.0 Å². The first-order chi connectivity index (χ1) is 12.5. The summed E-state index contributed by atoms with van der Waals surface area (Å²) in [5, 5.41) is 1.28. The van der Waals surface area contributed by atoms with Gasteiger partial charge in [-0.3, -0.25) is 4.79 Å². The van der Waals surface area contributed by atoms with Gasteiger partial charge in [0.05, 0.1) is 16.4 Å². The maximum absolute atomic E-state index is 12.4. The number of nitrogens with zero attached hydrogens (tertiary/aromatic N) is 2. The van der Waals surface area contributed by atoms with Crippen LogP contribution in [0.2, 0.25) is 10.0 Å². The second-order valence-corrected chi connectivity index (χ2v) is 7.09. The van der Waals surface area contributed by atoms with Crippen molar-refractivity contribution in [2.75, 3.05) is 43.4 Å². The first kappa shape index (κ1) is 18.7.